The first-order chi connectivity index (χ1) is 16.4. The van der Waals surface area contributed by atoms with E-state index in [4.69, 9.17) is 0 Å². The zero-order chi connectivity index (χ0) is 23.9. The van der Waals surface area contributed by atoms with Gasteiger partial charge >= 0.3 is 0 Å². The Morgan fingerprint density at radius 3 is 2.38 bits per heavy atom. The van der Waals surface area contributed by atoms with Crippen molar-refractivity contribution in [3.63, 3.8) is 0 Å². The molecule has 5 rings (SSSR count). The van der Waals surface area contributed by atoms with E-state index >= 15 is 0 Å². The molecule has 0 fully saturated rings. The summed E-state index contributed by atoms with van der Waals surface area (Å²) in [5, 5.41) is 18.4. The lowest BCUT2D eigenvalue weighted by atomic mass is 9.76. The summed E-state index contributed by atoms with van der Waals surface area (Å²) in [6, 6.07) is 20.7. The van der Waals surface area contributed by atoms with E-state index in [-0.39, 0.29) is 11.6 Å². The molecule has 3 aromatic carbocycles. The minimum absolute atomic E-state index is 0.248. The lowest BCUT2D eigenvalue weighted by molar-refractivity contribution is 0.463. The predicted molar refractivity (Wildman–Crippen MR) is 133 cm³/mol. The van der Waals surface area contributed by atoms with Crippen LogP contribution in [0.3, 0.4) is 0 Å². The van der Waals surface area contributed by atoms with Crippen LogP contribution in [0.1, 0.15) is 40.8 Å². The largest absolute Gasteiger partial charge is 0.508 e. The van der Waals surface area contributed by atoms with E-state index in [1.54, 1.807) is 6.07 Å². The second-order valence-corrected chi connectivity index (χ2v) is 8.91. The Bertz CT molecular complexity index is 1360. The SMILES string of the molecule is Cc1nnc(C=Cc2ccc(C3(C)c4ccc(O)cc4CCN3c3ccc(F)cc3)cc2)n1C. The minimum Gasteiger partial charge on any atom is -0.508 e. The Morgan fingerprint density at radius 1 is 0.971 bits per heavy atom. The number of hydrogen-bond acceptors (Lipinski definition) is 4. The number of phenols is 1. The van der Waals surface area contributed by atoms with Crippen LogP contribution in [0.25, 0.3) is 12.2 Å². The molecular formula is C28H27FN4O. The number of nitrogens with zero attached hydrogens (tertiary/aromatic N) is 4. The highest BCUT2D eigenvalue weighted by atomic mass is 19.1. The summed E-state index contributed by atoms with van der Waals surface area (Å²) >= 11 is 0. The topological polar surface area (TPSA) is 54.2 Å². The van der Waals surface area contributed by atoms with Crippen LogP contribution >= 0.6 is 0 Å². The van der Waals surface area contributed by atoms with Crippen LogP contribution in [0.2, 0.25) is 0 Å². The molecular weight excluding hydrogens is 427 g/mol. The average Bonchev–Trinajstić information content (AvgIpc) is 3.16. The number of benzene rings is 3. The molecule has 172 valence electrons. The molecule has 0 radical (unpaired) electrons. The molecule has 0 saturated carbocycles. The van der Waals surface area contributed by atoms with Gasteiger partial charge < -0.3 is 14.6 Å². The Kier molecular flexibility index (Phi) is 5.44. The quantitative estimate of drug-likeness (QED) is 0.445. The third-order valence-corrected chi connectivity index (χ3v) is 6.92. The molecule has 0 aliphatic carbocycles. The Hall–Kier alpha value is -3.93. The van der Waals surface area contributed by atoms with Gasteiger partial charge in [0.25, 0.3) is 0 Å². The number of halogens is 1. The van der Waals surface area contributed by atoms with E-state index in [9.17, 15) is 9.50 Å². The van der Waals surface area contributed by atoms with E-state index in [0.717, 1.165) is 52.6 Å². The molecule has 1 unspecified atom stereocenters. The van der Waals surface area contributed by atoms with Crippen molar-refractivity contribution in [2.45, 2.75) is 25.8 Å². The molecule has 6 heteroatoms. The monoisotopic (exact) mass is 454 g/mol. The normalized spacial score (nSPS) is 17.8. The van der Waals surface area contributed by atoms with Gasteiger partial charge in [-0.25, -0.2) is 4.39 Å². The van der Waals surface area contributed by atoms with Crippen molar-refractivity contribution in [2.24, 2.45) is 7.05 Å². The number of aromatic hydroxyl groups is 1. The minimum atomic E-state index is -0.484. The fraction of sp³-hybridized carbons (Fsp3) is 0.214. The second kappa shape index (κ2) is 8.45. The first-order valence-electron chi connectivity index (χ1n) is 11.4. The summed E-state index contributed by atoms with van der Waals surface area (Å²) < 4.78 is 15.6. The molecule has 1 aliphatic rings. The maximum atomic E-state index is 13.7. The number of rotatable bonds is 4. The standard InChI is InChI=1S/C28H27FN4O/c1-19-30-31-27(32(19)3)15-6-20-4-7-22(8-5-20)28(2)26-14-13-25(34)18-21(26)16-17-33(28)24-11-9-23(29)10-12-24/h4-15,18,34H,16-17H2,1-3H3. The fourth-order valence-corrected chi connectivity index (χ4v) is 4.84. The molecule has 0 amide bonds. The third-order valence-electron chi connectivity index (χ3n) is 6.92. The summed E-state index contributed by atoms with van der Waals surface area (Å²) in [6.07, 6.45) is 4.79. The van der Waals surface area contributed by atoms with Gasteiger partial charge in [-0.05, 0) is 85.0 Å². The maximum Gasteiger partial charge on any atom is 0.156 e. The van der Waals surface area contributed by atoms with Gasteiger partial charge in [-0.3, -0.25) is 0 Å². The van der Waals surface area contributed by atoms with E-state index in [1.165, 1.54) is 12.1 Å². The Morgan fingerprint density at radius 2 is 1.71 bits per heavy atom. The van der Waals surface area contributed by atoms with E-state index in [0.29, 0.717) is 0 Å². The van der Waals surface area contributed by atoms with Crippen molar-refractivity contribution in [2.75, 3.05) is 11.4 Å². The highest BCUT2D eigenvalue weighted by Gasteiger charge is 2.40. The summed E-state index contributed by atoms with van der Waals surface area (Å²) in [6.45, 7) is 4.87. The van der Waals surface area contributed by atoms with E-state index in [2.05, 4.69) is 46.3 Å². The molecule has 1 aliphatic heterocycles. The van der Waals surface area contributed by atoms with Crippen molar-refractivity contribution in [3.05, 3.63) is 106 Å². The van der Waals surface area contributed by atoms with Gasteiger partial charge in [0.1, 0.15) is 17.4 Å². The summed E-state index contributed by atoms with van der Waals surface area (Å²) in [5.41, 5.74) is 4.92. The predicted octanol–water partition coefficient (Wildman–Crippen LogP) is 5.46. The molecule has 1 N–H and O–H groups in total. The maximum absolute atomic E-state index is 13.7. The zero-order valence-corrected chi connectivity index (χ0v) is 19.5. The molecule has 34 heavy (non-hydrogen) atoms. The summed E-state index contributed by atoms with van der Waals surface area (Å²) in [5.74, 6) is 1.70. The van der Waals surface area contributed by atoms with Gasteiger partial charge in [0.15, 0.2) is 5.82 Å². The number of phenolic OH excluding ortho intramolecular Hbond substituents is 1. The van der Waals surface area contributed by atoms with E-state index in [1.807, 2.05) is 55.0 Å². The number of anilines is 1. The molecule has 2 heterocycles. The third kappa shape index (κ3) is 3.75. The number of hydrogen-bond donors (Lipinski definition) is 1. The lowest BCUT2D eigenvalue weighted by Crippen LogP contribution is -2.49. The molecule has 0 bridgehead atoms. The van der Waals surface area contributed by atoms with Crippen LogP contribution in [0, 0.1) is 12.7 Å². The van der Waals surface area contributed by atoms with Gasteiger partial charge in [0.2, 0.25) is 0 Å². The van der Waals surface area contributed by atoms with Crippen LogP contribution in [-0.2, 0) is 19.0 Å². The highest BCUT2D eigenvalue weighted by Crippen LogP contribution is 2.44. The van der Waals surface area contributed by atoms with Crippen LogP contribution in [-0.4, -0.2) is 26.4 Å². The van der Waals surface area contributed by atoms with Crippen LogP contribution in [0.15, 0.2) is 66.7 Å². The molecule has 0 saturated heterocycles. The van der Waals surface area contributed by atoms with Crippen LogP contribution < -0.4 is 4.90 Å². The van der Waals surface area contributed by atoms with E-state index < -0.39 is 5.54 Å². The van der Waals surface area contributed by atoms with Gasteiger partial charge in [-0.15, -0.1) is 10.2 Å². The molecule has 4 aromatic rings. The van der Waals surface area contributed by atoms with Gasteiger partial charge in [0, 0.05) is 19.3 Å². The first kappa shape index (κ1) is 21.9. The average molecular weight is 455 g/mol. The van der Waals surface area contributed by atoms with Crippen LogP contribution in [0.4, 0.5) is 10.1 Å². The number of aromatic nitrogens is 3. The molecule has 0 spiro atoms. The van der Waals surface area contributed by atoms with Crippen molar-refractivity contribution >= 4 is 17.8 Å². The van der Waals surface area contributed by atoms with Crippen molar-refractivity contribution in [1.82, 2.24) is 14.8 Å². The number of fused-ring (bicyclic) bond motifs is 1. The smallest absolute Gasteiger partial charge is 0.156 e. The van der Waals surface area contributed by atoms with Gasteiger partial charge in [-0.2, -0.15) is 0 Å². The number of aryl methyl sites for hydroxylation is 1. The second-order valence-electron chi connectivity index (χ2n) is 8.91. The Labute approximate surface area is 198 Å². The fourth-order valence-electron chi connectivity index (χ4n) is 4.84. The summed E-state index contributed by atoms with van der Waals surface area (Å²) in [4.78, 5) is 2.32. The molecule has 1 aromatic heterocycles. The van der Waals surface area contributed by atoms with Gasteiger partial charge in [-0.1, -0.05) is 36.4 Å². The van der Waals surface area contributed by atoms with Crippen molar-refractivity contribution < 1.29 is 9.50 Å². The summed E-state index contributed by atoms with van der Waals surface area (Å²) in [7, 11) is 1.95. The van der Waals surface area contributed by atoms with Crippen molar-refractivity contribution in [1.29, 1.82) is 0 Å². The zero-order valence-electron chi connectivity index (χ0n) is 19.5. The first-order valence-corrected chi connectivity index (χ1v) is 11.4. The van der Waals surface area contributed by atoms with Crippen molar-refractivity contribution in [3.8, 4) is 5.75 Å². The van der Waals surface area contributed by atoms with Crippen LogP contribution in [0.5, 0.6) is 5.75 Å². The lowest BCUT2D eigenvalue weighted by Gasteiger charge is -2.48. The Balaban J connectivity index is 1.55. The molecule has 1 atom stereocenters. The molecule has 5 nitrogen and oxygen atoms in total. The van der Waals surface area contributed by atoms with Gasteiger partial charge in [0.05, 0.1) is 5.54 Å². The highest BCUT2D eigenvalue weighted by molar-refractivity contribution is 5.68.